The Labute approximate surface area is 200 Å². The van der Waals surface area contributed by atoms with Crippen LogP contribution < -0.4 is 27.4 Å². The number of thiol groups is 1. The maximum atomic E-state index is 13.0. The van der Waals surface area contributed by atoms with E-state index in [1.807, 2.05) is 0 Å². The molecular formula is C20H29N5O8S. The Morgan fingerprint density at radius 3 is 1.91 bits per heavy atom. The van der Waals surface area contributed by atoms with Crippen LogP contribution in [0.3, 0.4) is 0 Å². The lowest BCUT2D eigenvalue weighted by atomic mass is 10.0. The van der Waals surface area contributed by atoms with E-state index in [1.54, 1.807) is 0 Å². The van der Waals surface area contributed by atoms with Crippen molar-refractivity contribution < 1.29 is 39.3 Å². The summed E-state index contributed by atoms with van der Waals surface area (Å²) in [6.45, 7) is 1.28. The van der Waals surface area contributed by atoms with Gasteiger partial charge in [-0.05, 0) is 24.6 Å². The molecular weight excluding hydrogens is 470 g/mol. The van der Waals surface area contributed by atoms with E-state index in [4.69, 9.17) is 16.6 Å². The third-order valence-electron chi connectivity index (χ3n) is 4.67. The van der Waals surface area contributed by atoms with Gasteiger partial charge >= 0.3 is 5.97 Å². The Morgan fingerprint density at radius 2 is 1.44 bits per heavy atom. The van der Waals surface area contributed by atoms with Crippen molar-refractivity contribution in [2.24, 2.45) is 11.5 Å². The number of carboxylic acid groups (broad SMARTS) is 1. The van der Waals surface area contributed by atoms with Gasteiger partial charge in [-0.15, -0.1) is 0 Å². The summed E-state index contributed by atoms with van der Waals surface area (Å²) in [5, 5.41) is 34.9. The Balaban J connectivity index is 3.13. The molecule has 14 heteroatoms. The SMILES string of the molecule is CC(O)C(N)C(=O)NC(Cc1ccc(O)cc1)C(=O)NC(CC(N)=O)C(=O)NC(CS)C(=O)O. The molecule has 0 aliphatic heterocycles. The van der Waals surface area contributed by atoms with Crippen LogP contribution in [0.15, 0.2) is 24.3 Å². The third kappa shape index (κ3) is 9.25. The smallest absolute Gasteiger partial charge is 0.327 e. The fourth-order valence-electron chi connectivity index (χ4n) is 2.70. The van der Waals surface area contributed by atoms with Gasteiger partial charge in [-0.3, -0.25) is 19.2 Å². The summed E-state index contributed by atoms with van der Waals surface area (Å²) >= 11 is 3.83. The van der Waals surface area contributed by atoms with Crippen LogP contribution >= 0.6 is 12.6 Å². The molecule has 0 aromatic heterocycles. The van der Waals surface area contributed by atoms with E-state index in [1.165, 1.54) is 31.2 Å². The van der Waals surface area contributed by atoms with E-state index in [2.05, 4.69) is 28.6 Å². The molecule has 5 atom stereocenters. The zero-order valence-electron chi connectivity index (χ0n) is 18.3. The lowest BCUT2D eigenvalue weighted by molar-refractivity contribution is -0.141. The maximum absolute atomic E-state index is 13.0. The first-order valence-electron chi connectivity index (χ1n) is 10.1. The molecule has 0 saturated heterocycles. The first-order chi connectivity index (χ1) is 15.8. The predicted octanol–water partition coefficient (Wildman–Crippen LogP) is -3.01. The van der Waals surface area contributed by atoms with Gasteiger partial charge in [0, 0.05) is 12.2 Å². The number of phenolic OH excluding ortho intramolecular Hbond substituents is 1. The normalized spacial score (nSPS) is 15.2. The number of aliphatic hydroxyl groups excluding tert-OH is 1. The van der Waals surface area contributed by atoms with Gasteiger partial charge in [0.05, 0.1) is 12.5 Å². The lowest BCUT2D eigenvalue weighted by Gasteiger charge is -2.25. The molecule has 0 radical (unpaired) electrons. The number of carbonyl (C=O) groups excluding carboxylic acids is 4. The zero-order valence-corrected chi connectivity index (χ0v) is 19.2. The topological polar surface area (TPSA) is 234 Å². The van der Waals surface area contributed by atoms with Crippen molar-refractivity contribution in [3.8, 4) is 5.75 Å². The fraction of sp³-hybridized carbons (Fsp3) is 0.450. The van der Waals surface area contributed by atoms with E-state index in [0.717, 1.165) is 0 Å². The van der Waals surface area contributed by atoms with Gasteiger partial charge in [-0.25, -0.2) is 4.79 Å². The molecule has 13 nitrogen and oxygen atoms in total. The van der Waals surface area contributed by atoms with E-state index in [9.17, 15) is 34.2 Å². The molecule has 0 aliphatic rings. The second kappa shape index (κ2) is 13.4. The van der Waals surface area contributed by atoms with Gasteiger partial charge in [0.25, 0.3) is 0 Å². The molecule has 0 fully saturated rings. The number of benzene rings is 1. The van der Waals surface area contributed by atoms with Gasteiger partial charge in [0.1, 0.15) is 29.9 Å². The maximum Gasteiger partial charge on any atom is 0.327 e. The number of nitrogens with one attached hydrogen (secondary N) is 3. The minimum Gasteiger partial charge on any atom is -0.508 e. The average Bonchev–Trinajstić information content (AvgIpc) is 2.76. The Hall–Kier alpha value is -3.36. The van der Waals surface area contributed by atoms with Crippen molar-refractivity contribution in [3.05, 3.63) is 29.8 Å². The number of amides is 4. The second-order valence-electron chi connectivity index (χ2n) is 7.51. The first-order valence-corrected chi connectivity index (χ1v) is 10.7. The molecule has 0 bridgehead atoms. The first kappa shape index (κ1) is 28.7. The summed E-state index contributed by atoms with van der Waals surface area (Å²) in [5.74, 6) is -5.37. The van der Waals surface area contributed by atoms with Gasteiger partial charge in [-0.1, -0.05) is 12.1 Å². The van der Waals surface area contributed by atoms with E-state index < -0.39 is 66.3 Å². The van der Waals surface area contributed by atoms with E-state index in [0.29, 0.717) is 5.56 Å². The van der Waals surface area contributed by atoms with Crippen LogP contribution in [0.25, 0.3) is 0 Å². The van der Waals surface area contributed by atoms with Crippen LogP contribution in [0.5, 0.6) is 5.75 Å². The van der Waals surface area contributed by atoms with Crippen LogP contribution in [-0.2, 0) is 30.4 Å². The number of phenols is 1. The largest absolute Gasteiger partial charge is 0.508 e. The van der Waals surface area contributed by atoms with Crippen LogP contribution in [-0.4, -0.2) is 80.9 Å². The molecule has 4 amide bonds. The molecule has 188 valence electrons. The highest BCUT2D eigenvalue weighted by Gasteiger charge is 2.31. The highest BCUT2D eigenvalue weighted by Crippen LogP contribution is 2.12. The number of aromatic hydroxyl groups is 1. The lowest BCUT2D eigenvalue weighted by Crippen LogP contribution is -2.59. The zero-order chi connectivity index (χ0) is 26.0. The average molecular weight is 500 g/mol. The second-order valence-corrected chi connectivity index (χ2v) is 7.88. The molecule has 0 heterocycles. The number of rotatable bonds is 13. The number of hydrogen-bond acceptors (Lipinski definition) is 9. The molecule has 0 saturated carbocycles. The van der Waals surface area contributed by atoms with Crippen molar-refractivity contribution in [3.63, 3.8) is 0 Å². The number of nitrogens with two attached hydrogens (primary N) is 2. The van der Waals surface area contributed by atoms with Crippen LogP contribution in [0.2, 0.25) is 0 Å². The van der Waals surface area contributed by atoms with Crippen molar-refractivity contribution in [2.75, 3.05) is 5.75 Å². The summed E-state index contributed by atoms with van der Waals surface area (Å²) in [4.78, 5) is 60.5. The number of aliphatic hydroxyl groups is 1. The van der Waals surface area contributed by atoms with Crippen LogP contribution in [0.1, 0.15) is 18.9 Å². The fourth-order valence-corrected chi connectivity index (χ4v) is 2.95. The summed E-state index contributed by atoms with van der Waals surface area (Å²) in [7, 11) is 0. The molecule has 5 unspecified atom stereocenters. The van der Waals surface area contributed by atoms with Crippen molar-refractivity contribution in [2.45, 2.75) is 50.0 Å². The van der Waals surface area contributed by atoms with E-state index in [-0.39, 0.29) is 17.9 Å². The molecule has 0 aliphatic carbocycles. The quantitative estimate of drug-likeness (QED) is 0.125. The van der Waals surface area contributed by atoms with Crippen molar-refractivity contribution in [1.29, 1.82) is 0 Å². The predicted molar refractivity (Wildman–Crippen MR) is 123 cm³/mol. The molecule has 1 rings (SSSR count). The summed E-state index contributed by atoms with van der Waals surface area (Å²) < 4.78 is 0. The Morgan fingerprint density at radius 1 is 0.941 bits per heavy atom. The van der Waals surface area contributed by atoms with E-state index >= 15 is 0 Å². The number of carbonyl (C=O) groups is 5. The number of aliphatic carboxylic acids is 1. The summed E-state index contributed by atoms with van der Waals surface area (Å²) in [6.07, 6.45) is -1.98. The van der Waals surface area contributed by atoms with Gasteiger partial charge < -0.3 is 42.7 Å². The monoisotopic (exact) mass is 499 g/mol. The van der Waals surface area contributed by atoms with Crippen molar-refractivity contribution in [1.82, 2.24) is 16.0 Å². The number of hydrogen-bond donors (Lipinski definition) is 9. The third-order valence-corrected chi connectivity index (χ3v) is 5.03. The Bertz CT molecular complexity index is 895. The highest BCUT2D eigenvalue weighted by atomic mass is 32.1. The van der Waals surface area contributed by atoms with Gasteiger partial charge in [0.2, 0.25) is 23.6 Å². The minimum atomic E-state index is -1.55. The standard InChI is InChI=1S/C20H29N5O8S/c1-9(26)16(22)19(31)24-12(6-10-2-4-11(27)5-3-10)17(29)23-13(7-15(21)28)18(30)25-14(8-34)20(32)33/h2-5,9,12-14,16,26-27,34H,6-8,22H2,1H3,(H2,21,28)(H,23,29)(H,24,31)(H,25,30)(H,32,33). The Kier molecular flexibility index (Phi) is 11.3. The molecule has 34 heavy (non-hydrogen) atoms. The number of carboxylic acids is 1. The van der Waals surface area contributed by atoms with Crippen molar-refractivity contribution >= 4 is 42.2 Å². The molecule has 0 spiro atoms. The van der Waals surface area contributed by atoms with Gasteiger partial charge in [0.15, 0.2) is 0 Å². The highest BCUT2D eigenvalue weighted by molar-refractivity contribution is 7.80. The molecule has 1 aromatic rings. The van der Waals surface area contributed by atoms with Crippen LogP contribution in [0.4, 0.5) is 0 Å². The van der Waals surface area contributed by atoms with Crippen LogP contribution in [0, 0.1) is 0 Å². The number of primary amides is 1. The summed E-state index contributed by atoms with van der Waals surface area (Å²) in [5.41, 5.74) is 11.3. The van der Waals surface area contributed by atoms with Gasteiger partial charge in [-0.2, -0.15) is 12.6 Å². The summed E-state index contributed by atoms with van der Waals surface area (Å²) in [6, 6.07) is 0.108. The molecule has 10 N–H and O–H groups in total. The molecule has 1 aromatic carbocycles. The minimum absolute atomic E-state index is 0.0275.